The van der Waals surface area contributed by atoms with E-state index in [2.05, 4.69) is 4.74 Å². The maximum Gasteiger partial charge on any atom is 0.305 e. The van der Waals surface area contributed by atoms with Gasteiger partial charge in [-0.2, -0.15) is 0 Å². The number of benzene rings is 1. The van der Waals surface area contributed by atoms with Gasteiger partial charge in [-0.05, 0) is 12.1 Å². The Labute approximate surface area is 115 Å². The molecule has 0 atom stereocenters. The van der Waals surface area contributed by atoms with Gasteiger partial charge < -0.3 is 9.15 Å². The van der Waals surface area contributed by atoms with E-state index < -0.39 is 0 Å². The van der Waals surface area contributed by atoms with Crippen LogP contribution in [0, 0.1) is 0 Å². The number of Topliss-reactive ketones (excluding diaryl/α,β-unsaturated/α-hetero) is 1. The summed E-state index contributed by atoms with van der Waals surface area (Å²) in [6.07, 6.45) is 0.399. The number of methoxy groups -OCH3 is 1. The van der Waals surface area contributed by atoms with E-state index in [9.17, 15) is 9.59 Å². The summed E-state index contributed by atoms with van der Waals surface area (Å²) in [6, 6.07) is 7.21. The van der Waals surface area contributed by atoms with Crippen LogP contribution in [0.5, 0.6) is 0 Å². The van der Waals surface area contributed by atoms with Crippen LogP contribution in [0.1, 0.15) is 18.6 Å². The standard InChI is InChI=1S/C14H13ClO4/c1-18-13(17)6-5-10(16)8-11-7-9-3-2-4-12(15)14(9)19-11/h2-4,7H,5-6,8H2,1H3. The molecule has 0 fully saturated rings. The highest BCUT2D eigenvalue weighted by Crippen LogP contribution is 2.26. The molecular weight excluding hydrogens is 268 g/mol. The third kappa shape index (κ3) is 3.35. The molecule has 0 saturated carbocycles. The van der Waals surface area contributed by atoms with E-state index in [0.717, 1.165) is 5.39 Å². The van der Waals surface area contributed by atoms with Gasteiger partial charge >= 0.3 is 5.97 Å². The van der Waals surface area contributed by atoms with Gasteiger partial charge in [-0.25, -0.2) is 0 Å². The van der Waals surface area contributed by atoms with Gasteiger partial charge in [-0.15, -0.1) is 0 Å². The van der Waals surface area contributed by atoms with Gasteiger partial charge in [0, 0.05) is 11.8 Å². The lowest BCUT2D eigenvalue weighted by Gasteiger charge is -1.98. The molecule has 1 aromatic heterocycles. The van der Waals surface area contributed by atoms with Crippen LogP contribution in [0.15, 0.2) is 28.7 Å². The van der Waals surface area contributed by atoms with E-state index in [0.29, 0.717) is 16.4 Å². The molecule has 0 spiro atoms. The Balaban J connectivity index is 2.03. The monoisotopic (exact) mass is 280 g/mol. The average Bonchev–Trinajstić information content (AvgIpc) is 2.80. The first-order valence-corrected chi connectivity index (χ1v) is 6.23. The molecule has 0 aliphatic heterocycles. The van der Waals surface area contributed by atoms with Crippen molar-refractivity contribution in [2.24, 2.45) is 0 Å². The first kappa shape index (κ1) is 13.6. The summed E-state index contributed by atoms with van der Waals surface area (Å²) < 4.78 is 10.0. The summed E-state index contributed by atoms with van der Waals surface area (Å²) in [5.41, 5.74) is 0.583. The molecule has 0 radical (unpaired) electrons. The summed E-state index contributed by atoms with van der Waals surface area (Å²) in [7, 11) is 1.30. The number of carbonyl (C=O) groups excluding carboxylic acids is 2. The van der Waals surface area contributed by atoms with Gasteiger partial charge in [0.25, 0.3) is 0 Å². The molecule has 0 aliphatic rings. The molecular formula is C14H13ClO4. The number of hydrogen-bond donors (Lipinski definition) is 0. The Morgan fingerprint density at radius 2 is 2.11 bits per heavy atom. The van der Waals surface area contributed by atoms with Crippen LogP contribution in [0.4, 0.5) is 0 Å². The Bertz CT molecular complexity index is 615. The molecule has 0 bridgehead atoms. The van der Waals surface area contributed by atoms with E-state index in [1.165, 1.54) is 7.11 Å². The summed E-state index contributed by atoms with van der Waals surface area (Å²) in [5, 5.41) is 1.38. The zero-order valence-electron chi connectivity index (χ0n) is 10.4. The second-order valence-corrected chi connectivity index (χ2v) is 4.57. The Morgan fingerprint density at radius 1 is 1.32 bits per heavy atom. The molecule has 0 aliphatic carbocycles. The molecule has 2 rings (SSSR count). The lowest BCUT2D eigenvalue weighted by atomic mass is 10.1. The van der Waals surface area contributed by atoms with Crippen molar-refractivity contribution >= 4 is 34.3 Å². The van der Waals surface area contributed by atoms with Crippen molar-refractivity contribution in [2.45, 2.75) is 19.3 Å². The molecule has 2 aromatic rings. The highest BCUT2D eigenvalue weighted by atomic mass is 35.5. The summed E-state index contributed by atoms with van der Waals surface area (Å²) >= 11 is 5.99. The van der Waals surface area contributed by atoms with Crippen molar-refractivity contribution in [3.8, 4) is 0 Å². The smallest absolute Gasteiger partial charge is 0.305 e. The predicted molar refractivity (Wildman–Crippen MR) is 71.2 cm³/mol. The van der Waals surface area contributed by atoms with E-state index in [4.69, 9.17) is 16.0 Å². The second-order valence-electron chi connectivity index (χ2n) is 4.16. The normalized spacial score (nSPS) is 10.6. The Hall–Kier alpha value is -1.81. The van der Waals surface area contributed by atoms with Gasteiger partial charge in [0.2, 0.25) is 0 Å². The van der Waals surface area contributed by atoms with E-state index >= 15 is 0 Å². The number of ether oxygens (including phenoxy) is 1. The third-order valence-electron chi connectivity index (χ3n) is 2.75. The zero-order chi connectivity index (χ0) is 13.8. The summed E-state index contributed by atoms with van der Waals surface area (Å²) in [4.78, 5) is 22.6. The Morgan fingerprint density at radius 3 is 2.79 bits per heavy atom. The zero-order valence-corrected chi connectivity index (χ0v) is 11.2. The number of halogens is 1. The molecule has 100 valence electrons. The van der Waals surface area contributed by atoms with Gasteiger partial charge in [-0.3, -0.25) is 9.59 Å². The van der Waals surface area contributed by atoms with E-state index in [1.807, 2.05) is 12.1 Å². The summed E-state index contributed by atoms with van der Waals surface area (Å²) in [6.45, 7) is 0. The predicted octanol–water partition coefficient (Wildman–Crippen LogP) is 3.15. The second kappa shape index (κ2) is 5.89. The highest BCUT2D eigenvalue weighted by molar-refractivity contribution is 6.34. The fraction of sp³-hybridized carbons (Fsp3) is 0.286. The molecule has 4 nitrogen and oxygen atoms in total. The summed E-state index contributed by atoms with van der Waals surface area (Å²) in [5.74, 6) is 0.0968. The number of esters is 1. The molecule has 0 unspecified atom stereocenters. The molecule has 1 heterocycles. The van der Waals surface area contributed by atoms with Crippen LogP contribution in [0.2, 0.25) is 5.02 Å². The first-order valence-electron chi connectivity index (χ1n) is 5.85. The van der Waals surface area contributed by atoms with E-state index in [1.54, 1.807) is 12.1 Å². The molecule has 0 N–H and O–H groups in total. The van der Waals surface area contributed by atoms with Crippen molar-refractivity contribution in [3.05, 3.63) is 35.0 Å². The van der Waals surface area contributed by atoms with Crippen molar-refractivity contribution < 1.29 is 18.7 Å². The molecule has 0 amide bonds. The van der Waals surface area contributed by atoms with Crippen LogP contribution < -0.4 is 0 Å². The van der Waals surface area contributed by atoms with Crippen LogP contribution in [0.25, 0.3) is 11.0 Å². The minimum absolute atomic E-state index is 0.0689. The maximum atomic E-state index is 11.7. The number of carbonyl (C=O) groups is 2. The van der Waals surface area contributed by atoms with Crippen molar-refractivity contribution in [1.29, 1.82) is 0 Å². The molecule has 1 aromatic carbocycles. The van der Waals surface area contributed by atoms with Crippen LogP contribution in [0.3, 0.4) is 0 Å². The average molecular weight is 281 g/mol. The lowest BCUT2D eigenvalue weighted by Crippen LogP contribution is -2.07. The number of ketones is 1. The van der Waals surface area contributed by atoms with Crippen molar-refractivity contribution in [2.75, 3.05) is 7.11 Å². The SMILES string of the molecule is COC(=O)CCC(=O)Cc1cc2cccc(Cl)c2o1. The number of furan rings is 1. The van der Waals surface area contributed by atoms with Gasteiger partial charge in [-0.1, -0.05) is 23.7 Å². The lowest BCUT2D eigenvalue weighted by molar-refractivity contribution is -0.141. The van der Waals surface area contributed by atoms with Gasteiger partial charge in [0.15, 0.2) is 5.58 Å². The molecule has 0 saturated heterocycles. The van der Waals surface area contributed by atoms with Crippen LogP contribution >= 0.6 is 11.6 Å². The highest BCUT2D eigenvalue weighted by Gasteiger charge is 2.12. The van der Waals surface area contributed by atoms with Crippen molar-refractivity contribution in [3.63, 3.8) is 0 Å². The molecule has 5 heteroatoms. The number of hydrogen-bond acceptors (Lipinski definition) is 4. The van der Waals surface area contributed by atoms with Crippen molar-refractivity contribution in [1.82, 2.24) is 0 Å². The minimum Gasteiger partial charge on any atom is -0.469 e. The Kier molecular flexibility index (Phi) is 4.22. The largest absolute Gasteiger partial charge is 0.469 e. The fourth-order valence-corrected chi connectivity index (χ4v) is 2.01. The van der Waals surface area contributed by atoms with Gasteiger partial charge in [0.1, 0.15) is 11.5 Å². The van der Waals surface area contributed by atoms with E-state index in [-0.39, 0.29) is 31.0 Å². The quantitative estimate of drug-likeness (QED) is 0.790. The third-order valence-corrected chi connectivity index (χ3v) is 3.05. The molecule has 19 heavy (non-hydrogen) atoms. The minimum atomic E-state index is -0.388. The first-order chi connectivity index (χ1) is 9.10. The number of rotatable bonds is 5. The van der Waals surface area contributed by atoms with Crippen LogP contribution in [-0.4, -0.2) is 18.9 Å². The van der Waals surface area contributed by atoms with Gasteiger partial charge in [0.05, 0.1) is 25.0 Å². The fourth-order valence-electron chi connectivity index (χ4n) is 1.79. The number of fused-ring (bicyclic) bond motifs is 1. The topological polar surface area (TPSA) is 56.5 Å². The van der Waals surface area contributed by atoms with Crippen LogP contribution in [-0.2, 0) is 20.7 Å². The number of para-hydroxylation sites is 1. The maximum absolute atomic E-state index is 11.7.